The smallest absolute Gasteiger partial charge is 0.276 e. The summed E-state index contributed by atoms with van der Waals surface area (Å²) in [5.41, 5.74) is 0.804. The molecule has 0 aliphatic rings. The number of carbonyl (C=O) groups excluding carboxylic acids is 1. The van der Waals surface area contributed by atoms with Crippen molar-refractivity contribution < 1.29 is 14.5 Å². The van der Waals surface area contributed by atoms with Crippen LogP contribution in [-0.2, 0) is 0 Å². The third kappa shape index (κ3) is 3.59. The predicted molar refractivity (Wildman–Crippen MR) is 87.2 cm³/mol. The van der Waals surface area contributed by atoms with E-state index in [9.17, 15) is 14.9 Å². The van der Waals surface area contributed by atoms with Crippen LogP contribution in [0.2, 0.25) is 0 Å². The van der Waals surface area contributed by atoms with Crippen molar-refractivity contribution in [2.45, 2.75) is 0 Å². The minimum Gasteiger partial charge on any atom is -0.496 e. The number of rotatable bonds is 5. The lowest BCUT2D eigenvalue weighted by Crippen LogP contribution is -1.96. The number of halogens is 1. The second-order valence-electron chi connectivity index (χ2n) is 4.36. The third-order valence-corrected chi connectivity index (χ3v) is 3.60. The standard InChI is InChI=1S/C16H12BrNO4/c1-22-16-9-7-12(10-13(16)17)15(19)8-6-11-4-2-3-5-14(11)18(20)21/h2-10H,1H3/b8-6+. The van der Waals surface area contributed by atoms with Gasteiger partial charge in [0, 0.05) is 11.6 Å². The molecule has 6 heteroatoms. The molecular formula is C16H12BrNO4. The number of hydrogen-bond donors (Lipinski definition) is 0. The summed E-state index contributed by atoms with van der Waals surface area (Å²) in [6.45, 7) is 0. The van der Waals surface area contributed by atoms with Crippen LogP contribution in [0.25, 0.3) is 6.08 Å². The van der Waals surface area contributed by atoms with E-state index in [4.69, 9.17) is 4.74 Å². The Labute approximate surface area is 135 Å². The van der Waals surface area contributed by atoms with E-state index in [2.05, 4.69) is 15.9 Å². The Balaban J connectivity index is 2.25. The van der Waals surface area contributed by atoms with E-state index in [-0.39, 0.29) is 11.5 Å². The molecule has 0 N–H and O–H groups in total. The Morgan fingerprint density at radius 3 is 2.64 bits per heavy atom. The summed E-state index contributed by atoms with van der Waals surface area (Å²) in [6.07, 6.45) is 2.76. The van der Waals surface area contributed by atoms with Gasteiger partial charge < -0.3 is 4.74 Å². The minimum atomic E-state index is -0.478. The second kappa shape index (κ2) is 7.00. The molecule has 0 aromatic heterocycles. The number of ketones is 1. The fourth-order valence-electron chi connectivity index (χ4n) is 1.88. The van der Waals surface area contributed by atoms with E-state index >= 15 is 0 Å². The molecule has 5 nitrogen and oxygen atoms in total. The van der Waals surface area contributed by atoms with Gasteiger partial charge in [0.15, 0.2) is 5.78 Å². The largest absolute Gasteiger partial charge is 0.496 e. The van der Waals surface area contributed by atoms with Crippen LogP contribution in [0.15, 0.2) is 53.0 Å². The van der Waals surface area contributed by atoms with Crippen molar-refractivity contribution in [3.05, 3.63) is 74.3 Å². The summed E-state index contributed by atoms with van der Waals surface area (Å²) >= 11 is 3.31. The number of ether oxygens (including phenoxy) is 1. The second-order valence-corrected chi connectivity index (χ2v) is 5.22. The molecule has 0 amide bonds. The summed E-state index contributed by atoms with van der Waals surface area (Å²) in [7, 11) is 1.54. The van der Waals surface area contributed by atoms with Crippen molar-refractivity contribution in [2.75, 3.05) is 7.11 Å². The van der Waals surface area contributed by atoms with Gasteiger partial charge in [-0.3, -0.25) is 14.9 Å². The first-order valence-corrected chi connectivity index (χ1v) is 7.11. The van der Waals surface area contributed by atoms with Crippen molar-refractivity contribution >= 4 is 33.5 Å². The molecule has 0 atom stereocenters. The monoisotopic (exact) mass is 361 g/mol. The molecule has 0 aliphatic carbocycles. The molecule has 0 heterocycles. The highest BCUT2D eigenvalue weighted by atomic mass is 79.9. The highest BCUT2D eigenvalue weighted by Gasteiger charge is 2.11. The molecule has 0 radical (unpaired) electrons. The molecule has 0 saturated carbocycles. The minimum absolute atomic E-state index is 0.0394. The third-order valence-electron chi connectivity index (χ3n) is 2.98. The highest BCUT2D eigenvalue weighted by molar-refractivity contribution is 9.10. The zero-order valence-corrected chi connectivity index (χ0v) is 13.2. The Bertz CT molecular complexity index is 756. The molecule has 22 heavy (non-hydrogen) atoms. The molecule has 2 rings (SSSR count). The maximum atomic E-state index is 12.1. The van der Waals surface area contributed by atoms with Crippen LogP contribution in [0.4, 0.5) is 5.69 Å². The zero-order chi connectivity index (χ0) is 16.1. The lowest BCUT2D eigenvalue weighted by atomic mass is 10.1. The van der Waals surface area contributed by atoms with Crippen molar-refractivity contribution in [1.82, 2.24) is 0 Å². The van der Waals surface area contributed by atoms with Crippen molar-refractivity contribution in [1.29, 1.82) is 0 Å². The maximum Gasteiger partial charge on any atom is 0.276 e. The lowest BCUT2D eigenvalue weighted by molar-refractivity contribution is -0.385. The van der Waals surface area contributed by atoms with Crippen LogP contribution in [0.1, 0.15) is 15.9 Å². The van der Waals surface area contributed by atoms with E-state index in [1.54, 1.807) is 36.4 Å². The number of nitrogens with zero attached hydrogens (tertiary/aromatic N) is 1. The van der Waals surface area contributed by atoms with Crippen molar-refractivity contribution in [3.8, 4) is 5.75 Å². The van der Waals surface area contributed by atoms with Crippen molar-refractivity contribution in [3.63, 3.8) is 0 Å². The van der Waals surface area contributed by atoms with Crippen LogP contribution in [-0.4, -0.2) is 17.8 Å². The van der Waals surface area contributed by atoms with Gasteiger partial charge in [0.2, 0.25) is 0 Å². The van der Waals surface area contributed by atoms with Gasteiger partial charge in [-0.25, -0.2) is 0 Å². The molecule has 2 aromatic carbocycles. The summed E-state index contributed by atoms with van der Waals surface area (Å²) in [5, 5.41) is 10.9. The van der Waals surface area contributed by atoms with Crippen LogP contribution in [0.3, 0.4) is 0 Å². The van der Waals surface area contributed by atoms with Crippen LogP contribution >= 0.6 is 15.9 Å². The maximum absolute atomic E-state index is 12.1. The fourth-order valence-corrected chi connectivity index (χ4v) is 2.42. The average Bonchev–Trinajstić information content (AvgIpc) is 2.52. The number of benzene rings is 2. The number of allylic oxidation sites excluding steroid dienone is 1. The number of carbonyl (C=O) groups is 1. The quantitative estimate of drug-likeness (QED) is 0.345. The van der Waals surface area contributed by atoms with Gasteiger partial charge >= 0.3 is 0 Å². The SMILES string of the molecule is COc1ccc(C(=O)/C=C/c2ccccc2[N+](=O)[O-])cc1Br. The summed E-state index contributed by atoms with van der Waals surface area (Å²) < 4.78 is 5.77. The number of nitro groups is 1. The van der Waals surface area contributed by atoms with Crippen LogP contribution < -0.4 is 4.74 Å². The zero-order valence-electron chi connectivity index (χ0n) is 11.7. The Morgan fingerprint density at radius 2 is 2.00 bits per heavy atom. The van der Waals surface area contributed by atoms with E-state index in [0.29, 0.717) is 21.3 Å². The van der Waals surface area contributed by atoms with Gasteiger partial charge in [0.05, 0.1) is 22.1 Å². The molecule has 112 valence electrons. The van der Waals surface area contributed by atoms with Gasteiger partial charge in [-0.1, -0.05) is 12.1 Å². The normalized spacial score (nSPS) is 10.6. The molecule has 2 aromatic rings. The first kappa shape index (κ1) is 15.9. The van der Waals surface area contributed by atoms with E-state index in [1.165, 1.54) is 25.3 Å². The fraction of sp³-hybridized carbons (Fsp3) is 0.0625. The van der Waals surface area contributed by atoms with Gasteiger partial charge in [0.25, 0.3) is 5.69 Å². The van der Waals surface area contributed by atoms with Gasteiger partial charge in [-0.2, -0.15) is 0 Å². The molecule has 0 bridgehead atoms. The van der Waals surface area contributed by atoms with E-state index in [0.717, 1.165) is 0 Å². The number of nitro benzene ring substituents is 1. The first-order chi connectivity index (χ1) is 10.5. The van der Waals surface area contributed by atoms with Gasteiger partial charge in [-0.15, -0.1) is 0 Å². The predicted octanol–water partition coefficient (Wildman–Crippen LogP) is 4.26. The summed E-state index contributed by atoms with van der Waals surface area (Å²) in [5.74, 6) is 0.376. The van der Waals surface area contributed by atoms with Crippen LogP contribution in [0.5, 0.6) is 5.75 Å². The molecule has 0 aliphatic heterocycles. The molecule has 0 spiro atoms. The molecule has 0 saturated heterocycles. The first-order valence-electron chi connectivity index (χ1n) is 6.32. The Hall–Kier alpha value is -2.47. The number of hydrogen-bond acceptors (Lipinski definition) is 4. The molecular weight excluding hydrogens is 350 g/mol. The van der Waals surface area contributed by atoms with Crippen molar-refractivity contribution in [2.24, 2.45) is 0 Å². The Morgan fingerprint density at radius 1 is 1.27 bits per heavy atom. The average molecular weight is 362 g/mol. The topological polar surface area (TPSA) is 69.4 Å². The Kier molecular flexibility index (Phi) is 5.06. The van der Waals surface area contributed by atoms with E-state index < -0.39 is 4.92 Å². The number of para-hydroxylation sites is 1. The summed E-state index contributed by atoms with van der Waals surface area (Å²) in [6, 6.07) is 11.2. The lowest BCUT2D eigenvalue weighted by Gasteiger charge is -2.04. The summed E-state index contributed by atoms with van der Waals surface area (Å²) in [4.78, 5) is 22.6. The van der Waals surface area contributed by atoms with Gasteiger partial charge in [-0.05, 0) is 52.3 Å². The van der Waals surface area contributed by atoms with Crippen LogP contribution in [0, 0.1) is 10.1 Å². The number of methoxy groups -OCH3 is 1. The molecule has 0 fully saturated rings. The van der Waals surface area contributed by atoms with Gasteiger partial charge in [0.1, 0.15) is 5.75 Å². The highest BCUT2D eigenvalue weighted by Crippen LogP contribution is 2.26. The van der Waals surface area contributed by atoms with E-state index in [1.807, 2.05) is 0 Å². The molecule has 0 unspecified atom stereocenters.